The first-order valence-electron chi connectivity index (χ1n) is 7.88. The molecular weight excluding hydrogens is 314 g/mol. The molecule has 0 saturated carbocycles. The van der Waals surface area contributed by atoms with E-state index >= 15 is 0 Å². The Morgan fingerprint density at radius 2 is 2.00 bits per heavy atom. The average Bonchev–Trinajstić information content (AvgIpc) is 2.76. The second-order valence-corrected chi connectivity index (χ2v) is 5.90. The number of likely N-dealkylation sites (N-methyl/N-ethyl adjacent to an activating group) is 1. The molecule has 1 unspecified atom stereocenters. The monoisotopic (exact) mass is 339 g/mol. The molecule has 0 aromatic heterocycles. The van der Waals surface area contributed by atoms with Gasteiger partial charge in [0.1, 0.15) is 0 Å². The quantitative estimate of drug-likeness (QED) is 0.808. The first kappa shape index (κ1) is 19.6. The Labute approximate surface area is 144 Å². The summed E-state index contributed by atoms with van der Waals surface area (Å²) in [7, 11) is 1.99. The topological polar surface area (TPSA) is 61.4 Å². The van der Waals surface area contributed by atoms with Crippen molar-refractivity contribution in [3.63, 3.8) is 0 Å². The van der Waals surface area contributed by atoms with E-state index in [9.17, 15) is 9.59 Å². The van der Waals surface area contributed by atoms with E-state index in [0.717, 1.165) is 32.4 Å². The number of ketones is 1. The molecule has 5 nitrogen and oxygen atoms in total. The van der Waals surface area contributed by atoms with E-state index in [1.165, 1.54) is 6.92 Å². The van der Waals surface area contributed by atoms with Gasteiger partial charge in [0.15, 0.2) is 5.78 Å². The van der Waals surface area contributed by atoms with Crippen molar-refractivity contribution >= 4 is 29.8 Å². The molecule has 0 bridgehead atoms. The van der Waals surface area contributed by atoms with Gasteiger partial charge in [-0.1, -0.05) is 12.1 Å². The summed E-state index contributed by atoms with van der Waals surface area (Å²) in [4.78, 5) is 25.9. The van der Waals surface area contributed by atoms with Gasteiger partial charge in [-0.15, -0.1) is 12.4 Å². The lowest BCUT2D eigenvalue weighted by Crippen LogP contribution is -2.38. The number of Topliss-reactive ketones (excluding diaryl/α,β-unsaturated/α-hetero) is 1. The molecule has 0 radical (unpaired) electrons. The van der Waals surface area contributed by atoms with Crippen LogP contribution in [0.2, 0.25) is 0 Å². The molecule has 23 heavy (non-hydrogen) atoms. The van der Waals surface area contributed by atoms with Gasteiger partial charge < -0.3 is 10.6 Å². The van der Waals surface area contributed by atoms with E-state index in [4.69, 9.17) is 0 Å². The number of nitrogens with zero attached hydrogens (tertiary/aromatic N) is 1. The number of hydrogen-bond acceptors (Lipinski definition) is 4. The van der Waals surface area contributed by atoms with Crippen LogP contribution in [0.3, 0.4) is 0 Å². The van der Waals surface area contributed by atoms with E-state index in [1.54, 1.807) is 18.2 Å². The van der Waals surface area contributed by atoms with Crippen molar-refractivity contribution < 1.29 is 9.59 Å². The van der Waals surface area contributed by atoms with Crippen molar-refractivity contribution in [2.45, 2.75) is 32.2 Å². The number of rotatable bonds is 5. The molecule has 6 heteroatoms. The van der Waals surface area contributed by atoms with Crippen molar-refractivity contribution in [1.82, 2.24) is 10.2 Å². The summed E-state index contributed by atoms with van der Waals surface area (Å²) in [6, 6.07) is 7.56. The number of halogens is 1. The highest BCUT2D eigenvalue weighted by molar-refractivity contribution is 6.04. The number of anilines is 1. The van der Waals surface area contributed by atoms with Crippen molar-refractivity contribution in [2.24, 2.45) is 0 Å². The van der Waals surface area contributed by atoms with Crippen LogP contribution in [-0.2, 0) is 4.79 Å². The molecule has 2 rings (SSSR count). The van der Waals surface area contributed by atoms with Gasteiger partial charge in [0.2, 0.25) is 5.91 Å². The number of amides is 1. The molecule has 0 aliphatic carbocycles. The molecule has 1 aromatic rings. The summed E-state index contributed by atoms with van der Waals surface area (Å²) in [5.41, 5.74) is 1.15. The van der Waals surface area contributed by atoms with Crippen molar-refractivity contribution in [3.05, 3.63) is 29.8 Å². The molecule has 1 amide bonds. The Morgan fingerprint density at radius 1 is 1.26 bits per heavy atom. The highest BCUT2D eigenvalue weighted by Crippen LogP contribution is 2.16. The van der Waals surface area contributed by atoms with E-state index in [0.29, 0.717) is 23.8 Å². The van der Waals surface area contributed by atoms with Crippen LogP contribution in [0.5, 0.6) is 0 Å². The minimum atomic E-state index is -0.0755. The molecule has 1 aliphatic rings. The maximum atomic E-state index is 12.2. The molecule has 1 fully saturated rings. The van der Waals surface area contributed by atoms with Gasteiger partial charge in [-0.25, -0.2) is 0 Å². The average molecular weight is 340 g/mol. The zero-order chi connectivity index (χ0) is 15.9. The van der Waals surface area contributed by atoms with Crippen molar-refractivity contribution in [3.8, 4) is 0 Å². The Bertz CT molecular complexity index is 528. The van der Waals surface area contributed by atoms with Gasteiger partial charge in [0.25, 0.3) is 0 Å². The van der Waals surface area contributed by atoms with E-state index in [-0.39, 0.29) is 24.1 Å². The fourth-order valence-corrected chi connectivity index (χ4v) is 2.89. The summed E-state index contributed by atoms with van der Waals surface area (Å²) in [5.74, 6) is -0.118. The minimum Gasteiger partial charge on any atom is -0.324 e. The minimum absolute atomic E-state index is 0. The standard InChI is InChI=1S/C17H25N3O2.ClH/c1-13(21)15-7-3-4-8-16(15)19-17(22)12-20(2)14-6-5-10-18-11-9-14;/h3-4,7-8,14,18H,5-6,9-12H2,1-2H3,(H,19,22);1H. The predicted octanol–water partition coefficient (Wildman–Crippen LogP) is 2.32. The SMILES string of the molecule is CC(=O)c1ccccc1NC(=O)CN(C)C1CCCNCC1.Cl. The van der Waals surface area contributed by atoms with Gasteiger partial charge in [-0.3, -0.25) is 14.5 Å². The highest BCUT2D eigenvalue weighted by atomic mass is 35.5. The summed E-state index contributed by atoms with van der Waals surface area (Å²) in [6.07, 6.45) is 3.32. The lowest BCUT2D eigenvalue weighted by Gasteiger charge is -2.26. The van der Waals surface area contributed by atoms with E-state index in [1.807, 2.05) is 13.1 Å². The predicted molar refractivity (Wildman–Crippen MR) is 95.5 cm³/mol. The van der Waals surface area contributed by atoms with E-state index in [2.05, 4.69) is 15.5 Å². The molecule has 128 valence electrons. The van der Waals surface area contributed by atoms with Crippen LogP contribution in [0, 0.1) is 0 Å². The number of carbonyl (C=O) groups is 2. The van der Waals surface area contributed by atoms with Crippen LogP contribution in [0.4, 0.5) is 5.69 Å². The lowest BCUT2D eigenvalue weighted by atomic mass is 10.1. The zero-order valence-electron chi connectivity index (χ0n) is 13.8. The zero-order valence-corrected chi connectivity index (χ0v) is 14.6. The Morgan fingerprint density at radius 3 is 2.74 bits per heavy atom. The molecule has 1 heterocycles. The van der Waals surface area contributed by atoms with Gasteiger partial charge >= 0.3 is 0 Å². The third-order valence-corrected chi connectivity index (χ3v) is 4.14. The Hall–Kier alpha value is -1.43. The fraction of sp³-hybridized carbons (Fsp3) is 0.529. The van der Waals surface area contributed by atoms with Crippen LogP contribution < -0.4 is 10.6 Å². The van der Waals surface area contributed by atoms with Gasteiger partial charge in [-0.2, -0.15) is 0 Å². The van der Waals surface area contributed by atoms with E-state index < -0.39 is 0 Å². The highest BCUT2D eigenvalue weighted by Gasteiger charge is 2.19. The van der Waals surface area contributed by atoms with Crippen molar-refractivity contribution in [2.75, 3.05) is 32.0 Å². The van der Waals surface area contributed by atoms with Crippen LogP contribution in [-0.4, -0.2) is 49.3 Å². The molecule has 1 saturated heterocycles. The summed E-state index contributed by atoms with van der Waals surface area (Å²) in [5, 5.41) is 6.24. The normalized spacial score (nSPS) is 18.0. The summed E-state index contributed by atoms with van der Waals surface area (Å²) >= 11 is 0. The molecule has 1 aromatic carbocycles. The number of hydrogen-bond donors (Lipinski definition) is 2. The Balaban J connectivity index is 0.00000264. The molecule has 1 atom stereocenters. The van der Waals surface area contributed by atoms with Gasteiger partial charge in [-0.05, 0) is 58.5 Å². The maximum Gasteiger partial charge on any atom is 0.238 e. The molecule has 2 N–H and O–H groups in total. The first-order valence-corrected chi connectivity index (χ1v) is 7.88. The van der Waals surface area contributed by atoms with Crippen LogP contribution >= 0.6 is 12.4 Å². The van der Waals surface area contributed by atoms with Crippen LogP contribution in [0.1, 0.15) is 36.5 Å². The third kappa shape index (κ3) is 5.94. The summed E-state index contributed by atoms with van der Waals surface area (Å²) < 4.78 is 0. The van der Waals surface area contributed by atoms with Gasteiger partial charge in [0.05, 0.1) is 12.2 Å². The number of para-hydroxylation sites is 1. The van der Waals surface area contributed by atoms with Crippen LogP contribution in [0.25, 0.3) is 0 Å². The smallest absolute Gasteiger partial charge is 0.238 e. The van der Waals surface area contributed by atoms with Gasteiger partial charge in [0, 0.05) is 11.6 Å². The fourth-order valence-electron chi connectivity index (χ4n) is 2.89. The number of benzene rings is 1. The molecule has 0 spiro atoms. The Kier molecular flexibility index (Phi) is 8.23. The molecular formula is C17H26ClN3O2. The number of nitrogens with one attached hydrogen (secondary N) is 2. The third-order valence-electron chi connectivity index (χ3n) is 4.14. The first-order chi connectivity index (χ1) is 10.6. The lowest BCUT2D eigenvalue weighted by molar-refractivity contribution is -0.117. The molecule has 1 aliphatic heterocycles. The summed E-state index contributed by atoms with van der Waals surface area (Å²) in [6.45, 7) is 3.92. The largest absolute Gasteiger partial charge is 0.324 e. The second kappa shape index (κ2) is 9.65. The van der Waals surface area contributed by atoms with Crippen LogP contribution in [0.15, 0.2) is 24.3 Å². The van der Waals surface area contributed by atoms with Crippen molar-refractivity contribution in [1.29, 1.82) is 0 Å². The second-order valence-electron chi connectivity index (χ2n) is 5.90. The maximum absolute atomic E-state index is 12.2. The number of carbonyl (C=O) groups excluding carboxylic acids is 2.